The van der Waals surface area contributed by atoms with E-state index in [9.17, 15) is 0 Å². The van der Waals surface area contributed by atoms with Crippen LogP contribution < -0.4 is 0 Å². The Hall–Kier alpha value is -1.09. The Bertz CT molecular complexity index is 437. The molecule has 0 atom stereocenters. The van der Waals surface area contributed by atoms with Gasteiger partial charge in [0, 0.05) is 10.8 Å². The smallest absolute Gasteiger partial charge is 0.127 e. The number of rotatable bonds is 4. The van der Waals surface area contributed by atoms with Crippen LogP contribution in [0.5, 0.6) is 0 Å². The number of aromatic nitrogens is 2. The predicted octanol–water partition coefficient (Wildman–Crippen LogP) is 3.52. The molecule has 0 radical (unpaired) electrons. The van der Waals surface area contributed by atoms with Gasteiger partial charge in [-0.2, -0.15) is 5.10 Å². The zero-order valence-electron chi connectivity index (χ0n) is 8.81. The molecule has 0 spiro atoms. The van der Waals surface area contributed by atoms with Crippen molar-refractivity contribution in [3.63, 3.8) is 0 Å². The lowest BCUT2D eigenvalue weighted by Crippen LogP contribution is -1.88. The minimum atomic E-state index is 1.06. The number of thioether (sulfide) groups is 1. The highest BCUT2D eigenvalue weighted by molar-refractivity contribution is 7.99. The highest BCUT2D eigenvalue weighted by Crippen LogP contribution is 2.25. The monoisotopic (exact) mass is 218 g/mol. The quantitative estimate of drug-likeness (QED) is 0.580. The SMILES string of the molecule is CCCCSc1nncc2ccccc12. The van der Waals surface area contributed by atoms with Crippen molar-refractivity contribution < 1.29 is 0 Å². The van der Waals surface area contributed by atoms with Crippen LogP contribution in [0.2, 0.25) is 0 Å². The largest absolute Gasteiger partial charge is 0.157 e. The van der Waals surface area contributed by atoms with E-state index in [1.807, 2.05) is 18.3 Å². The Labute approximate surface area is 94.1 Å². The molecule has 0 bridgehead atoms. The van der Waals surface area contributed by atoms with Gasteiger partial charge in [-0.15, -0.1) is 16.9 Å². The number of benzene rings is 1. The van der Waals surface area contributed by atoms with Crippen molar-refractivity contribution in [2.24, 2.45) is 0 Å². The van der Waals surface area contributed by atoms with E-state index in [4.69, 9.17) is 0 Å². The molecule has 3 heteroatoms. The lowest BCUT2D eigenvalue weighted by atomic mass is 10.2. The molecule has 0 unspecified atom stereocenters. The second-order valence-electron chi connectivity index (χ2n) is 3.44. The summed E-state index contributed by atoms with van der Waals surface area (Å²) in [6.45, 7) is 2.20. The summed E-state index contributed by atoms with van der Waals surface area (Å²) in [5, 5.41) is 11.7. The first-order chi connectivity index (χ1) is 7.42. The molecular weight excluding hydrogens is 204 g/mol. The summed E-state index contributed by atoms with van der Waals surface area (Å²) < 4.78 is 0. The van der Waals surface area contributed by atoms with Crippen molar-refractivity contribution in [3.05, 3.63) is 30.5 Å². The van der Waals surface area contributed by atoms with Crippen molar-refractivity contribution in [1.82, 2.24) is 10.2 Å². The van der Waals surface area contributed by atoms with Gasteiger partial charge in [0.05, 0.1) is 6.20 Å². The van der Waals surface area contributed by atoms with Crippen molar-refractivity contribution in [2.75, 3.05) is 5.75 Å². The third-order valence-electron chi connectivity index (χ3n) is 2.27. The molecule has 2 rings (SSSR count). The molecule has 0 aliphatic heterocycles. The van der Waals surface area contributed by atoms with Gasteiger partial charge in [0.25, 0.3) is 0 Å². The fourth-order valence-electron chi connectivity index (χ4n) is 1.42. The van der Waals surface area contributed by atoms with Crippen molar-refractivity contribution in [1.29, 1.82) is 0 Å². The summed E-state index contributed by atoms with van der Waals surface area (Å²) in [5.74, 6) is 1.12. The number of unbranched alkanes of at least 4 members (excludes halogenated alkanes) is 1. The summed E-state index contributed by atoms with van der Waals surface area (Å²) in [6, 6.07) is 8.27. The molecule has 0 amide bonds. The van der Waals surface area contributed by atoms with Gasteiger partial charge in [0.1, 0.15) is 5.03 Å². The zero-order chi connectivity index (χ0) is 10.5. The molecule has 1 aromatic heterocycles. The fourth-order valence-corrected chi connectivity index (χ4v) is 2.49. The maximum Gasteiger partial charge on any atom is 0.127 e. The summed E-state index contributed by atoms with van der Waals surface area (Å²) in [7, 11) is 0. The van der Waals surface area contributed by atoms with E-state index in [0.717, 1.165) is 10.8 Å². The first-order valence-electron chi connectivity index (χ1n) is 5.25. The minimum Gasteiger partial charge on any atom is -0.157 e. The van der Waals surface area contributed by atoms with Crippen LogP contribution in [-0.4, -0.2) is 16.0 Å². The van der Waals surface area contributed by atoms with Crippen LogP contribution in [0, 0.1) is 0 Å². The van der Waals surface area contributed by atoms with Crippen molar-refractivity contribution in [3.8, 4) is 0 Å². The first kappa shape index (κ1) is 10.4. The van der Waals surface area contributed by atoms with E-state index < -0.39 is 0 Å². The summed E-state index contributed by atoms with van der Waals surface area (Å²) in [4.78, 5) is 0. The Morgan fingerprint density at radius 3 is 3.00 bits per heavy atom. The van der Waals surface area contributed by atoms with Gasteiger partial charge in [-0.1, -0.05) is 37.6 Å². The molecule has 1 aromatic carbocycles. The zero-order valence-corrected chi connectivity index (χ0v) is 9.63. The van der Waals surface area contributed by atoms with E-state index in [-0.39, 0.29) is 0 Å². The molecule has 15 heavy (non-hydrogen) atoms. The van der Waals surface area contributed by atoms with Crippen LogP contribution in [0.3, 0.4) is 0 Å². The first-order valence-corrected chi connectivity index (χ1v) is 6.23. The lowest BCUT2D eigenvalue weighted by molar-refractivity contribution is 0.890. The number of nitrogens with zero attached hydrogens (tertiary/aromatic N) is 2. The highest BCUT2D eigenvalue weighted by atomic mass is 32.2. The van der Waals surface area contributed by atoms with Gasteiger partial charge in [-0.25, -0.2) is 0 Å². The standard InChI is InChI=1S/C12H14N2S/c1-2-3-8-15-12-11-7-5-4-6-10(11)9-13-14-12/h4-7,9H,2-3,8H2,1H3. The van der Waals surface area contributed by atoms with Gasteiger partial charge in [-0.3, -0.25) is 0 Å². The molecule has 0 N–H and O–H groups in total. The topological polar surface area (TPSA) is 25.8 Å². The second kappa shape index (κ2) is 5.12. The lowest BCUT2D eigenvalue weighted by Gasteiger charge is -2.02. The summed E-state index contributed by atoms with van der Waals surface area (Å²) >= 11 is 1.80. The Morgan fingerprint density at radius 2 is 2.13 bits per heavy atom. The van der Waals surface area contributed by atoms with Crippen LogP contribution in [0.4, 0.5) is 0 Å². The normalized spacial score (nSPS) is 10.7. The van der Waals surface area contributed by atoms with Gasteiger partial charge < -0.3 is 0 Å². The molecule has 2 aromatic rings. The third kappa shape index (κ3) is 2.48. The number of hydrogen-bond donors (Lipinski definition) is 0. The Kier molecular flexibility index (Phi) is 3.56. The minimum absolute atomic E-state index is 1.06. The molecule has 2 nitrogen and oxygen atoms in total. The van der Waals surface area contributed by atoms with Crippen LogP contribution in [0.1, 0.15) is 19.8 Å². The number of hydrogen-bond acceptors (Lipinski definition) is 3. The fraction of sp³-hybridized carbons (Fsp3) is 0.333. The number of fused-ring (bicyclic) bond motifs is 1. The maximum atomic E-state index is 4.19. The molecule has 0 aliphatic rings. The predicted molar refractivity (Wildman–Crippen MR) is 65.2 cm³/mol. The molecule has 0 saturated heterocycles. The van der Waals surface area contributed by atoms with Gasteiger partial charge >= 0.3 is 0 Å². The van der Waals surface area contributed by atoms with E-state index in [2.05, 4.69) is 29.3 Å². The summed E-state index contributed by atoms with van der Waals surface area (Å²) in [6.07, 6.45) is 4.28. The van der Waals surface area contributed by atoms with Crippen LogP contribution in [-0.2, 0) is 0 Å². The highest BCUT2D eigenvalue weighted by Gasteiger charge is 2.02. The third-order valence-corrected chi connectivity index (χ3v) is 3.34. The van der Waals surface area contributed by atoms with E-state index in [0.29, 0.717) is 0 Å². The average Bonchev–Trinajstić information content (AvgIpc) is 2.30. The maximum absolute atomic E-state index is 4.19. The van der Waals surface area contributed by atoms with Crippen molar-refractivity contribution >= 4 is 22.5 Å². The Morgan fingerprint density at radius 1 is 1.27 bits per heavy atom. The molecular formula is C12H14N2S. The van der Waals surface area contributed by atoms with E-state index in [1.165, 1.54) is 23.6 Å². The van der Waals surface area contributed by atoms with Crippen LogP contribution >= 0.6 is 11.8 Å². The molecule has 1 heterocycles. The molecule has 0 aliphatic carbocycles. The Balaban J connectivity index is 2.26. The van der Waals surface area contributed by atoms with Gasteiger partial charge in [-0.05, 0) is 12.2 Å². The van der Waals surface area contributed by atoms with Crippen LogP contribution in [0.15, 0.2) is 35.5 Å². The van der Waals surface area contributed by atoms with Crippen LogP contribution in [0.25, 0.3) is 10.8 Å². The molecule has 78 valence electrons. The molecule has 0 fully saturated rings. The van der Waals surface area contributed by atoms with Gasteiger partial charge in [0.2, 0.25) is 0 Å². The van der Waals surface area contributed by atoms with E-state index in [1.54, 1.807) is 11.8 Å². The molecule has 0 saturated carbocycles. The van der Waals surface area contributed by atoms with Gasteiger partial charge in [0.15, 0.2) is 0 Å². The van der Waals surface area contributed by atoms with Crippen molar-refractivity contribution in [2.45, 2.75) is 24.8 Å². The van der Waals surface area contributed by atoms with E-state index >= 15 is 0 Å². The average molecular weight is 218 g/mol. The summed E-state index contributed by atoms with van der Waals surface area (Å²) in [5.41, 5.74) is 0. The second-order valence-corrected chi connectivity index (χ2v) is 4.52.